The smallest absolute Gasteiger partial charge is 0.277 e. The summed E-state index contributed by atoms with van der Waals surface area (Å²) in [4.78, 5) is 15.5. The summed E-state index contributed by atoms with van der Waals surface area (Å²) in [7, 11) is 0. The third-order valence-electron chi connectivity index (χ3n) is 3.78. The van der Waals surface area contributed by atoms with E-state index in [9.17, 15) is 4.79 Å². The number of amides is 1. The first kappa shape index (κ1) is 14.1. The number of nitrogens with zero attached hydrogens (tertiary/aromatic N) is 1. The number of rotatable bonds is 3. The van der Waals surface area contributed by atoms with Crippen molar-refractivity contribution >= 4 is 28.2 Å². The Labute approximate surface area is 137 Å². The van der Waals surface area contributed by atoms with Crippen molar-refractivity contribution in [3.05, 3.63) is 66.5 Å². The minimum Gasteiger partial charge on any atom is -0.399 e. The molecular weight excluding hydrogens is 304 g/mol. The molecule has 0 radical (unpaired) electrons. The lowest BCUT2D eigenvalue weighted by Gasteiger charge is -2.04. The summed E-state index contributed by atoms with van der Waals surface area (Å²) >= 11 is 0. The lowest BCUT2D eigenvalue weighted by atomic mass is 10.1. The number of carbonyl (C=O) groups excluding carboxylic acids is 1. The highest BCUT2D eigenvalue weighted by Crippen LogP contribution is 2.24. The van der Waals surface area contributed by atoms with E-state index in [-0.39, 0.29) is 11.6 Å². The van der Waals surface area contributed by atoms with Crippen LogP contribution in [0.4, 0.5) is 11.4 Å². The van der Waals surface area contributed by atoms with Crippen LogP contribution >= 0.6 is 0 Å². The Morgan fingerprint density at radius 2 is 1.96 bits per heavy atom. The van der Waals surface area contributed by atoms with E-state index in [0.29, 0.717) is 11.4 Å². The average molecular weight is 318 g/mol. The van der Waals surface area contributed by atoms with E-state index in [1.165, 1.54) is 0 Å². The standard InChI is InChI=1S/C18H14N4O2/c19-12-6-4-11(5-7-12)17-10-16(22-24-17)18(23)21-15-3-1-2-14-13(15)8-9-20-14/h1-10,20H,19H2,(H,21,23). The average Bonchev–Trinajstić information content (AvgIpc) is 3.25. The highest BCUT2D eigenvalue weighted by Gasteiger charge is 2.15. The first-order valence-electron chi connectivity index (χ1n) is 7.41. The van der Waals surface area contributed by atoms with E-state index >= 15 is 0 Å². The molecule has 2 heterocycles. The van der Waals surface area contributed by atoms with Crippen molar-refractivity contribution in [3.8, 4) is 11.3 Å². The Bertz CT molecular complexity index is 1010. The van der Waals surface area contributed by atoms with Gasteiger partial charge in [-0.1, -0.05) is 11.2 Å². The van der Waals surface area contributed by atoms with Crippen LogP contribution < -0.4 is 11.1 Å². The zero-order valence-corrected chi connectivity index (χ0v) is 12.6. The Balaban J connectivity index is 1.59. The van der Waals surface area contributed by atoms with Crippen LogP contribution in [0.2, 0.25) is 0 Å². The minimum absolute atomic E-state index is 0.217. The summed E-state index contributed by atoms with van der Waals surface area (Å²) in [6.45, 7) is 0. The fourth-order valence-corrected chi connectivity index (χ4v) is 2.55. The largest absolute Gasteiger partial charge is 0.399 e. The highest BCUT2D eigenvalue weighted by molar-refractivity contribution is 6.08. The Morgan fingerprint density at radius 1 is 1.12 bits per heavy atom. The zero-order chi connectivity index (χ0) is 16.5. The predicted octanol–water partition coefficient (Wildman–Crippen LogP) is 3.66. The van der Waals surface area contributed by atoms with Gasteiger partial charge in [-0.25, -0.2) is 0 Å². The first-order chi connectivity index (χ1) is 11.7. The van der Waals surface area contributed by atoms with Gasteiger partial charge < -0.3 is 20.6 Å². The molecule has 0 bridgehead atoms. The number of hydrogen-bond donors (Lipinski definition) is 3. The Morgan fingerprint density at radius 3 is 2.79 bits per heavy atom. The summed E-state index contributed by atoms with van der Waals surface area (Å²) < 4.78 is 5.26. The monoisotopic (exact) mass is 318 g/mol. The first-order valence-corrected chi connectivity index (χ1v) is 7.41. The molecule has 0 unspecified atom stereocenters. The van der Waals surface area contributed by atoms with Crippen LogP contribution in [0.1, 0.15) is 10.5 Å². The van der Waals surface area contributed by atoms with Gasteiger partial charge in [0.1, 0.15) is 0 Å². The van der Waals surface area contributed by atoms with Crippen LogP contribution in [-0.2, 0) is 0 Å². The van der Waals surface area contributed by atoms with Crippen LogP contribution in [0, 0.1) is 0 Å². The molecule has 2 aromatic carbocycles. The fraction of sp³-hybridized carbons (Fsp3) is 0. The number of nitrogens with two attached hydrogens (primary N) is 1. The van der Waals surface area contributed by atoms with Crippen molar-refractivity contribution in [1.29, 1.82) is 0 Å². The molecular formula is C18H14N4O2. The summed E-state index contributed by atoms with van der Waals surface area (Å²) in [5, 5.41) is 7.65. The molecule has 0 aliphatic carbocycles. The number of fused-ring (bicyclic) bond motifs is 1. The molecule has 0 fully saturated rings. The predicted molar refractivity (Wildman–Crippen MR) is 92.6 cm³/mol. The van der Waals surface area contributed by atoms with Crippen LogP contribution in [0.3, 0.4) is 0 Å². The van der Waals surface area contributed by atoms with E-state index in [0.717, 1.165) is 22.2 Å². The van der Waals surface area contributed by atoms with Crippen molar-refractivity contribution in [2.75, 3.05) is 11.1 Å². The highest BCUT2D eigenvalue weighted by atomic mass is 16.5. The third kappa shape index (κ3) is 2.50. The van der Waals surface area contributed by atoms with Crippen LogP contribution in [0.25, 0.3) is 22.2 Å². The molecule has 0 aliphatic rings. The second kappa shape index (κ2) is 5.58. The van der Waals surface area contributed by atoms with Gasteiger partial charge >= 0.3 is 0 Å². The second-order valence-corrected chi connectivity index (χ2v) is 5.40. The van der Waals surface area contributed by atoms with E-state index in [2.05, 4.69) is 15.5 Å². The van der Waals surface area contributed by atoms with E-state index < -0.39 is 0 Å². The van der Waals surface area contributed by atoms with Gasteiger partial charge in [0.2, 0.25) is 0 Å². The molecule has 0 atom stereocenters. The molecule has 24 heavy (non-hydrogen) atoms. The van der Waals surface area contributed by atoms with Gasteiger partial charge in [0.15, 0.2) is 11.5 Å². The molecule has 0 saturated heterocycles. The minimum atomic E-state index is -0.325. The summed E-state index contributed by atoms with van der Waals surface area (Å²) in [5.41, 5.74) is 9.03. The van der Waals surface area contributed by atoms with Crippen molar-refractivity contribution < 1.29 is 9.32 Å². The maximum absolute atomic E-state index is 12.4. The summed E-state index contributed by atoms with van der Waals surface area (Å²) in [6.07, 6.45) is 1.83. The van der Waals surface area contributed by atoms with Crippen molar-refractivity contribution in [2.45, 2.75) is 0 Å². The van der Waals surface area contributed by atoms with Crippen LogP contribution in [0.15, 0.2) is 65.3 Å². The second-order valence-electron chi connectivity index (χ2n) is 5.40. The number of nitrogen functional groups attached to an aromatic ring is 1. The topological polar surface area (TPSA) is 96.9 Å². The molecule has 4 N–H and O–H groups in total. The van der Waals surface area contributed by atoms with Gasteiger partial charge in [-0.3, -0.25) is 4.79 Å². The molecule has 0 saturated carbocycles. The lowest BCUT2D eigenvalue weighted by molar-refractivity contribution is 0.101. The van der Waals surface area contributed by atoms with Gasteiger partial charge in [-0.15, -0.1) is 0 Å². The number of carbonyl (C=O) groups is 1. The summed E-state index contributed by atoms with van der Waals surface area (Å²) in [6, 6.07) is 16.3. The van der Waals surface area contributed by atoms with Gasteiger partial charge in [-0.05, 0) is 42.5 Å². The summed E-state index contributed by atoms with van der Waals surface area (Å²) in [5.74, 6) is 0.189. The molecule has 0 spiro atoms. The fourth-order valence-electron chi connectivity index (χ4n) is 2.55. The zero-order valence-electron chi connectivity index (χ0n) is 12.6. The third-order valence-corrected chi connectivity index (χ3v) is 3.78. The van der Waals surface area contributed by atoms with E-state index in [1.54, 1.807) is 18.2 Å². The number of nitrogens with one attached hydrogen (secondary N) is 2. The molecule has 4 rings (SSSR count). The molecule has 0 aliphatic heterocycles. The van der Waals surface area contributed by atoms with Crippen LogP contribution in [0.5, 0.6) is 0 Å². The molecule has 2 aromatic heterocycles. The van der Waals surface area contributed by atoms with Gasteiger partial charge in [0.25, 0.3) is 5.91 Å². The number of benzene rings is 2. The van der Waals surface area contributed by atoms with Crippen molar-refractivity contribution in [1.82, 2.24) is 10.1 Å². The quantitative estimate of drug-likeness (QED) is 0.502. The Hall–Kier alpha value is -3.54. The van der Waals surface area contributed by atoms with Crippen molar-refractivity contribution in [2.24, 2.45) is 0 Å². The maximum Gasteiger partial charge on any atom is 0.277 e. The SMILES string of the molecule is Nc1ccc(-c2cc(C(=O)Nc3cccc4[nH]ccc34)no2)cc1. The number of H-pyrrole nitrogens is 1. The molecule has 4 aromatic rings. The van der Waals surface area contributed by atoms with Crippen molar-refractivity contribution in [3.63, 3.8) is 0 Å². The molecule has 6 nitrogen and oxygen atoms in total. The molecule has 1 amide bonds. The van der Waals surface area contributed by atoms with E-state index in [4.69, 9.17) is 10.3 Å². The number of hydrogen-bond acceptors (Lipinski definition) is 4. The molecule has 6 heteroatoms. The lowest BCUT2D eigenvalue weighted by Crippen LogP contribution is -2.12. The number of aromatic nitrogens is 2. The van der Waals surface area contributed by atoms with E-state index in [1.807, 2.05) is 42.6 Å². The van der Waals surface area contributed by atoms with Gasteiger partial charge in [0.05, 0.1) is 5.69 Å². The van der Waals surface area contributed by atoms with Crippen LogP contribution in [-0.4, -0.2) is 16.0 Å². The molecule has 118 valence electrons. The Kier molecular flexibility index (Phi) is 3.28. The number of anilines is 2. The maximum atomic E-state index is 12.4. The van der Waals surface area contributed by atoms with Gasteiger partial charge in [0, 0.05) is 34.4 Å². The number of aromatic amines is 1. The van der Waals surface area contributed by atoms with Gasteiger partial charge in [-0.2, -0.15) is 0 Å². The normalized spacial score (nSPS) is 10.8.